The molecular weight excluding hydrogens is 240 g/mol. The minimum Gasteiger partial charge on any atom is -0.462 e. The molecule has 19 heavy (non-hydrogen) atoms. The Morgan fingerprint density at radius 3 is 2.89 bits per heavy atom. The lowest BCUT2D eigenvalue weighted by Crippen LogP contribution is -2.18. The fourth-order valence-electron chi connectivity index (χ4n) is 2.64. The molecule has 0 amide bonds. The Kier molecular flexibility index (Phi) is 4.30. The Morgan fingerprint density at radius 2 is 2.26 bits per heavy atom. The molecule has 4 nitrogen and oxygen atoms in total. The van der Waals surface area contributed by atoms with Gasteiger partial charge in [-0.2, -0.15) is 0 Å². The van der Waals surface area contributed by atoms with Crippen LogP contribution in [0.3, 0.4) is 0 Å². The standard InChI is InChI=1S/C15H22N2O2/c1-3-19-15(18)12-5-4-6-13(14(12)16)17-11-8-7-10(2)9-11/h4-6,10-11,17H,3,7-9,16H2,1-2H3. The smallest absolute Gasteiger partial charge is 0.340 e. The topological polar surface area (TPSA) is 64.3 Å². The minimum atomic E-state index is -0.358. The van der Waals surface area contributed by atoms with Crippen LogP contribution in [-0.2, 0) is 4.74 Å². The van der Waals surface area contributed by atoms with Gasteiger partial charge in [-0.25, -0.2) is 4.79 Å². The number of hydrogen-bond donors (Lipinski definition) is 2. The number of nitrogen functional groups attached to an aromatic ring is 1. The Bertz CT molecular complexity index is 459. The van der Waals surface area contributed by atoms with E-state index in [4.69, 9.17) is 10.5 Å². The van der Waals surface area contributed by atoms with Crippen molar-refractivity contribution in [2.75, 3.05) is 17.7 Å². The highest BCUT2D eigenvalue weighted by atomic mass is 16.5. The number of hydrogen-bond acceptors (Lipinski definition) is 4. The van der Waals surface area contributed by atoms with E-state index < -0.39 is 0 Å². The van der Waals surface area contributed by atoms with Crippen LogP contribution in [0, 0.1) is 5.92 Å². The molecule has 0 heterocycles. The monoisotopic (exact) mass is 262 g/mol. The highest BCUT2D eigenvalue weighted by Gasteiger charge is 2.22. The lowest BCUT2D eigenvalue weighted by Gasteiger charge is -2.17. The van der Waals surface area contributed by atoms with Gasteiger partial charge in [0.1, 0.15) is 0 Å². The number of ether oxygens (including phenoxy) is 1. The van der Waals surface area contributed by atoms with E-state index in [1.54, 1.807) is 13.0 Å². The van der Waals surface area contributed by atoms with Gasteiger partial charge >= 0.3 is 5.97 Å². The molecule has 1 aliphatic carbocycles. The zero-order chi connectivity index (χ0) is 13.8. The molecule has 2 unspecified atom stereocenters. The summed E-state index contributed by atoms with van der Waals surface area (Å²) < 4.78 is 5.00. The van der Waals surface area contributed by atoms with E-state index in [9.17, 15) is 4.79 Å². The average Bonchev–Trinajstić information content (AvgIpc) is 2.78. The number of anilines is 2. The van der Waals surface area contributed by atoms with Crippen LogP contribution in [0.2, 0.25) is 0 Å². The fourth-order valence-corrected chi connectivity index (χ4v) is 2.64. The van der Waals surface area contributed by atoms with E-state index in [0.29, 0.717) is 23.9 Å². The Labute approximate surface area is 114 Å². The second-order valence-electron chi connectivity index (χ2n) is 5.25. The van der Waals surface area contributed by atoms with Crippen molar-refractivity contribution < 1.29 is 9.53 Å². The van der Waals surface area contributed by atoms with Gasteiger partial charge in [0.15, 0.2) is 0 Å². The van der Waals surface area contributed by atoms with Gasteiger partial charge < -0.3 is 15.8 Å². The number of para-hydroxylation sites is 1. The third-order valence-electron chi connectivity index (χ3n) is 3.66. The number of nitrogens with one attached hydrogen (secondary N) is 1. The number of benzene rings is 1. The summed E-state index contributed by atoms with van der Waals surface area (Å²) in [5.74, 6) is 0.399. The third-order valence-corrected chi connectivity index (χ3v) is 3.66. The van der Waals surface area contributed by atoms with Crippen molar-refractivity contribution in [3.8, 4) is 0 Å². The molecule has 1 aliphatic rings. The van der Waals surface area contributed by atoms with Gasteiger partial charge in [-0.05, 0) is 44.2 Å². The summed E-state index contributed by atoms with van der Waals surface area (Å²) in [5, 5.41) is 3.44. The van der Waals surface area contributed by atoms with Gasteiger partial charge in [0.05, 0.1) is 23.5 Å². The molecule has 1 aromatic carbocycles. The largest absolute Gasteiger partial charge is 0.462 e. The summed E-state index contributed by atoms with van der Waals surface area (Å²) in [6.07, 6.45) is 3.56. The molecule has 0 bridgehead atoms. The van der Waals surface area contributed by atoms with Crippen LogP contribution < -0.4 is 11.1 Å². The van der Waals surface area contributed by atoms with Crippen molar-refractivity contribution in [1.29, 1.82) is 0 Å². The van der Waals surface area contributed by atoms with Crippen LogP contribution in [-0.4, -0.2) is 18.6 Å². The third kappa shape index (κ3) is 3.19. The van der Waals surface area contributed by atoms with Crippen LogP contribution in [0.4, 0.5) is 11.4 Å². The second-order valence-corrected chi connectivity index (χ2v) is 5.25. The highest BCUT2D eigenvalue weighted by Crippen LogP contribution is 2.30. The first kappa shape index (κ1) is 13.7. The van der Waals surface area contributed by atoms with Gasteiger partial charge in [0, 0.05) is 6.04 Å². The lowest BCUT2D eigenvalue weighted by molar-refractivity contribution is 0.0527. The average molecular weight is 262 g/mol. The maximum absolute atomic E-state index is 11.8. The van der Waals surface area contributed by atoms with Crippen molar-refractivity contribution in [2.45, 2.75) is 39.2 Å². The van der Waals surface area contributed by atoms with Crippen molar-refractivity contribution in [3.63, 3.8) is 0 Å². The minimum absolute atomic E-state index is 0.357. The first-order chi connectivity index (χ1) is 9.11. The van der Waals surface area contributed by atoms with Crippen LogP contribution in [0.15, 0.2) is 18.2 Å². The molecule has 0 radical (unpaired) electrons. The summed E-state index contributed by atoms with van der Waals surface area (Å²) in [7, 11) is 0. The molecule has 0 aliphatic heterocycles. The Balaban J connectivity index is 2.13. The van der Waals surface area contributed by atoms with Crippen LogP contribution in [0.25, 0.3) is 0 Å². The summed E-state index contributed by atoms with van der Waals surface area (Å²) in [6, 6.07) is 5.91. The van der Waals surface area contributed by atoms with E-state index in [0.717, 1.165) is 24.4 Å². The zero-order valence-electron chi connectivity index (χ0n) is 11.6. The Morgan fingerprint density at radius 1 is 1.47 bits per heavy atom. The summed E-state index contributed by atoms with van der Waals surface area (Å²) in [4.78, 5) is 11.8. The number of carbonyl (C=O) groups is 1. The SMILES string of the molecule is CCOC(=O)c1cccc(NC2CCC(C)C2)c1N. The maximum atomic E-state index is 11.8. The molecule has 1 fully saturated rings. The number of nitrogens with two attached hydrogens (primary N) is 1. The normalized spacial score (nSPS) is 22.2. The first-order valence-corrected chi connectivity index (χ1v) is 6.94. The molecule has 4 heteroatoms. The van der Waals surface area contributed by atoms with Crippen molar-refractivity contribution >= 4 is 17.3 Å². The predicted octanol–water partition coefficient (Wildman–Crippen LogP) is 3.05. The van der Waals surface area contributed by atoms with Crippen LogP contribution in [0.1, 0.15) is 43.5 Å². The van der Waals surface area contributed by atoms with E-state index in [1.807, 2.05) is 12.1 Å². The van der Waals surface area contributed by atoms with Gasteiger partial charge in [0.25, 0.3) is 0 Å². The van der Waals surface area contributed by atoms with E-state index in [-0.39, 0.29) is 5.97 Å². The molecule has 3 N–H and O–H groups in total. The summed E-state index contributed by atoms with van der Waals surface area (Å²) >= 11 is 0. The maximum Gasteiger partial charge on any atom is 0.340 e. The highest BCUT2D eigenvalue weighted by molar-refractivity contribution is 5.98. The number of esters is 1. The zero-order valence-corrected chi connectivity index (χ0v) is 11.6. The van der Waals surface area contributed by atoms with Crippen LogP contribution >= 0.6 is 0 Å². The number of carbonyl (C=O) groups excluding carboxylic acids is 1. The van der Waals surface area contributed by atoms with E-state index in [2.05, 4.69) is 12.2 Å². The van der Waals surface area contributed by atoms with Crippen molar-refractivity contribution in [1.82, 2.24) is 0 Å². The molecule has 1 saturated carbocycles. The molecule has 104 valence electrons. The van der Waals surface area contributed by atoms with Crippen molar-refractivity contribution in [3.05, 3.63) is 23.8 Å². The predicted molar refractivity (Wildman–Crippen MR) is 77.2 cm³/mol. The Hall–Kier alpha value is -1.71. The molecular formula is C15H22N2O2. The lowest BCUT2D eigenvalue weighted by atomic mass is 10.1. The molecule has 0 saturated heterocycles. The van der Waals surface area contributed by atoms with E-state index in [1.165, 1.54) is 6.42 Å². The van der Waals surface area contributed by atoms with Crippen molar-refractivity contribution in [2.24, 2.45) is 5.92 Å². The quantitative estimate of drug-likeness (QED) is 0.646. The number of rotatable bonds is 4. The fraction of sp³-hybridized carbons (Fsp3) is 0.533. The van der Waals surface area contributed by atoms with E-state index >= 15 is 0 Å². The molecule has 2 atom stereocenters. The van der Waals surface area contributed by atoms with Gasteiger partial charge in [-0.3, -0.25) is 0 Å². The van der Waals surface area contributed by atoms with Gasteiger partial charge in [-0.1, -0.05) is 13.0 Å². The van der Waals surface area contributed by atoms with Crippen LogP contribution in [0.5, 0.6) is 0 Å². The second kappa shape index (κ2) is 5.95. The summed E-state index contributed by atoms with van der Waals surface area (Å²) in [5.41, 5.74) is 7.83. The molecule has 0 aromatic heterocycles. The van der Waals surface area contributed by atoms with Gasteiger partial charge in [-0.15, -0.1) is 0 Å². The molecule has 1 aromatic rings. The van der Waals surface area contributed by atoms with Gasteiger partial charge in [0.2, 0.25) is 0 Å². The molecule has 0 spiro atoms. The molecule has 2 rings (SSSR count). The summed E-state index contributed by atoms with van der Waals surface area (Å²) in [6.45, 7) is 4.41. The first-order valence-electron chi connectivity index (χ1n) is 6.94.